The largest absolute Gasteiger partial charge is 0.383 e. The molecule has 8 heteroatoms. The van der Waals surface area contributed by atoms with Crippen molar-refractivity contribution in [3.8, 4) is 11.3 Å². The van der Waals surface area contributed by atoms with Crippen LogP contribution in [-0.2, 0) is 11.3 Å². The number of hydrogen-bond donors (Lipinski definition) is 3. The average Bonchev–Trinajstić information content (AvgIpc) is 2.99. The summed E-state index contributed by atoms with van der Waals surface area (Å²) in [5, 5.41) is 10.8. The van der Waals surface area contributed by atoms with Crippen molar-refractivity contribution in [1.29, 1.82) is 0 Å². The number of nitrogens with one attached hydrogen (secondary N) is 2. The van der Waals surface area contributed by atoms with Crippen LogP contribution in [0, 0.1) is 0 Å². The molecule has 7 nitrogen and oxygen atoms in total. The molecule has 0 spiro atoms. The quantitative estimate of drug-likeness (QED) is 0.529. The first-order valence-electron chi connectivity index (χ1n) is 8.78. The van der Waals surface area contributed by atoms with Crippen molar-refractivity contribution < 1.29 is 9.53 Å². The summed E-state index contributed by atoms with van der Waals surface area (Å²) in [4.78, 5) is 12.3. The van der Waals surface area contributed by atoms with Gasteiger partial charge in [0, 0.05) is 24.2 Å². The highest BCUT2D eigenvalue weighted by Gasteiger charge is 2.19. The molecule has 146 valence electrons. The number of amides is 2. The monoisotopic (exact) mass is 399 g/mol. The maximum Gasteiger partial charge on any atom is 0.319 e. The number of benzene rings is 2. The van der Waals surface area contributed by atoms with Gasteiger partial charge in [-0.15, -0.1) is 0 Å². The third-order valence-corrected chi connectivity index (χ3v) is 4.37. The lowest BCUT2D eigenvalue weighted by Gasteiger charge is -2.09. The third-order valence-electron chi connectivity index (χ3n) is 4.11. The molecule has 0 saturated carbocycles. The fraction of sp³-hybridized carbons (Fsp3) is 0.200. The van der Waals surface area contributed by atoms with E-state index in [1.807, 2.05) is 42.5 Å². The lowest BCUT2D eigenvalue weighted by Crippen LogP contribution is -2.31. The molecule has 2 amide bonds. The van der Waals surface area contributed by atoms with Gasteiger partial charge in [0.1, 0.15) is 17.2 Å². The van der Waals surface area contributed by atoms with Crippen LogP contribution in [-0.4, -0.2) is 36.1 Å². The first-order valence-corrected chi connectivity index (χ1v) is 9.16. The first kappa shape index (κ1) is 19.7. The van der Waals surface area contributed by atoms with Crippen LogP contribution in [0.25, 0.3) is 11.3 Å². The molecule has 4 N–H and O–H groups in total. The Balaban J connectivity index is 1.92. The molecule has 0 atom stereocenters. The number of aromatic nitrogens is 2. The van der Waals surface area contributed by atoms with Crippen LogP contribution in [0.2, 0.25) is 5.02 Å². The number of ether oxygens (including phenoxy) is 1. The summed E-state index contributed by atoms with van der Waals surface area (Å²) in [5.41, 5.74) is 9.21. The standard InChI is InChI=1S/C20H22ClN5O2/c1-28-12-11-23-20(27)24-18-17(15-7-9-16(21)10-8-15)25-26(19(18)22)13-14-5-3-2-4-6-14/h2-10H,11-13,22H2,1H3,(H2,23,24,27). The Labute approximate surface area is 168 Å². The number of carbonyl (C=O) groups is 1. The Morgan fingerprint density at radius 1 is 1.18 bits per heavy atom. The number of nitrogens with zero attached hydrogens (tertiary/aromatic N) is 2. The fourth-order valence-corrected chi connectivity index (χ4v) is 2.84. The van der Waals surface area contributed by atoms with Gasteiger partial charge < -0.3 is 21.1 Å². The van der Waals surface area contributed by atoms with Gasteiger partial charge in [-0.2, -0.15) is 5.10 Å². The fourth-order valence-electron chi connectivity index (χ4n) is 2.71. The molecule has 3 aromatic rings. The van der Waals surface area contributed by atoms with Gasteiger partial charge in [-0.3, -0.25) is 0 Å². The second kappa shape index (κ2) is 9.25. The van der Waals surface area contributed by atoms with Gasteiger partial charge in [-0.1, -0.05) is 54.1 Å². The summed E-state index contributed by atoms with van der Waals surface area (Å²) < 4.78 is 6.62. The molecule has 0 aliphatic carbocycles. The van der Waals surface area contributed by atoms with E-state index in [0.717, 1.165) is 11.1 Å². The van der Waals surface area contributed by atoms with Crippen LogP contribution in [0.15, 0.2) is 54.6 Å². The van der Waals surface area contributed by atoms with Gasteiger partial charge in [0.05, 0.1) is 13.2 Å². The predicted octanol–water partition coefficient (Wildman–Crippen LogP) is 3.60. The van der Waals surface area contributed by atoms with Crippen LogP contribution < -0.4 is 16.4 Å². The van der Waals surface area contributed by atoms with E-state index in [1.165, 1.54) is 0 Å². The minimum Gasteiger partial charge on any atom is -0.383 e. The molecule has 0 fully saturated rings. The van der Waals surface area contributed by atoms with Crippen molar-refractivity contribution in [2.75, 3.05) is 31.3 Å². The molecular weight excluding hydrogens is 378 g/mol. The van der Waals surface area contributed by atoms with Crippen molar-refractivity contribution in [3.05, 3.63) is 65.2 Å². The van der Waals surface area contributed by atoms with Gasteiger partial charge in [0.15, 0.2) is 0 Å². The maximum atomic E-state index is 12.3. The lowest BCUT2D eigenvalue weighted by molar-refractivity contribution is 0.198. The molecule has 0 unspecified atom stereocenters. The Hall–Kier alpha value is -3.03. The number of halogens is 1. The molecule has 0 aliphatic heterocycles. The highest BCUT2D eigenvalue weighted by atomic mass is 35.5. The molecule has 0 saturated heterocycles. The minimum atomic E-state index is -0.377. The molecule has 0 aliphatic rings. The molecule has 0 radical (unpaired) electrons. The molecule has 2 aromatic carbocycles. The van der Waals surface area contributed by atoms with Gasteiger partial charge in [0.2, 0.25) is 0 Å². The van der Waals surface area contributed by atoms with Crippen molar-refractivity contribution in [2.24, 2.45) is 0 Å². The Kier molecular flexibility index (Phi) is 6.52. The smallest absolute Gasteiger partial charge is 0.319 e. The number of hydrogen-bond acceptors (Lipinski definition) is 4. The number of anilines is 2. The number of carbonyl (C=O) groups excluding carboxylic acids is 1. The summed E-state index contributed by atoms with van der Waals surface area (Å²) in [6.45, 7) is 1.29. The number of nitrogen functional groups attached to an aromatic ring is 1. The van der Waals surface area contributed by atoms with E-state index in [4.69, 9.17) is 22.1 Å². The van der Waals surface area contributed by atoms with Crippen molar-refractivity contribution >= 4 is 29.1 Å². The third kappa shape index (κ3) is 4.82. The maximum absolute atomic E-state index is 12.3. The Morgan fingerprint density at radius 2 is 1.89 bits per heavy atom. The minimum absolute atomic E-state index is 0.371. The number of nitrogens with two attached hydrogens (primary N) is 1. The average molecular weight is 400 g/mol. The normalized spacial score (nSPS) is 10.6. The molecule has 0 bridgehead atoms. The van der Waals surface area contributed by atoms with Crippen molar-refractivity contribution in [2.45, 2.75) is 6.54 Å². The summed E-state index contributed by atoms with van der Waals surface area (Å²) in [6.07, 6.45) is 0. The second-order valence-corrected chi connectivity index (χ2v) is 6.57. The van der Waals surface area contributed by atoms with E-state index in [-0.39, 0.29) is 6.03 Å². The van der Waals surface area contributed by atoms with Crippen molar-refractivity contribution in [1.82, 2.24) is 15.1 Å². The van der Waals surface area contributed by atoms with Crippen LogP contribution in [0.4, 0.5) is 16.3 Å². The van der Waals surface area contributed by atoms with E-state index >= 15 is 0 Å². The van der Waals surface area contributed by atoms with E-state index in [2.05, 4.69) is 15.7 Å². The summed E-state index contributed by atoms with van der Waals surface area (Å²) in [5.74, 6) is 0.371. The molecular formula is C20H22ClN5O2. The summed E-state index contributed by atoms with van der Waals surface area (Å²) in [6, 6.07) is 16.7. The summed E-state index contributed by atoms with van der Waals surface area (Å²) in [7, 11) is 1.57. The molecule has 1 heterocycles. The van der Waals surface area contributed by atoms with E-state index in [0.29, 0.717) is 41.9 Å². The zero-order valence-electron chi connectivity index (χ0n) is 15.5. The van der Waals surface area contributed by atoms with Gasteiger partial charge >= 0.3 is 6.03 Å². The molecule has 28 heavy (non-hydrogen) atoms. The highest BCUT2D eigenvalue weighted by molar-refractivity contribution is 6.30. The van der Waals surface area contributed by atoms with E-state index in [1.54, 1.807) is 23.9 Å². The van der Waals surface area contributed by atoms with E-state index in [9.17, 15) is 4.79 Å². The molecule has 3 rings (SSSR count). The number of methoxy groups -OCH3 is 1. The SMILES string of the molecule is COCCNC(=O)Nc1c(-c2ccc(Cl)cc2)nn(Cc2ccccc2)c1N. The van der Waals surface area contributed by atoms with Crippen molar-refractivity contribution in [3.63, 3.8) is 0 Å². The topological polar surface area (TPSA) is 94.2 Å². The second-order valence-electron chi connectivity index (χ2n) is 6.13. The van der Waals surface area contributed by atoms with Crippen LogP contribution in [0.1, 0.15) is 5.56 Å². The zero-order valence-corrected chi connectivity index (χ0v) is 16.2. The van der Waals surface area contributed by atoms with Crippen LogP contribution in [0.3, 0.4) is 0 Å². The Morgan fingerprint density at radius 3 is 2.57 bits per heavy atom. The first-order chi connectivity index (χ1) is 13.6. The van der Waals surface area contributed by atoms with E-state index < -0.39 is 0 Å². The number of urea groups is 1. The zero-order chi connectivity index (χ0) is 19.9. The summed E-state index contributed by atoms with van der Waals surface area (Å²) >= 11 is 6.00. The van der Waals surface area contributed by atoms with Crippen LogP contribution in [0.5, 0.6) is 0 Å². The van der Waals surface area contributed by atoms with Gasteiger partial charge in [-0.05, 0) is 17.7 Å². The number of rotatable bonds is 7. The van der Waals surface area contributed by atoms with Gasteiger partial charge in [-0.25, -0.2) is 9.48 Å². The van der Waals surface area contributed by atoms with Crippen LogP contribution >= 0.6 is 11.6 Å². The predicted molar refractivity (Wildman–Crippen MR) is 112 cm³/mol. The highest BCUT2D eigenvalue weighted by Crippen LogP contribution is 2.33. The Bertz CT molecular complexity index is 926. The van der Waals surface area contributed by atoms with Gasteiger partial charge in [0.25, 0.3) is 0 Å². The lowest BCUT2D eigenvalue weighted by atomic mass is 10.1. The molecule has 1 aromatic heterocycles.